The minimum atomic E-state index is -0.172. The number of carbonyl (C=O) groups is 1. The van der Waals surface area contributed by atoms with Crippen molar-refractivity contribution in [2.75, 3.05) is 19.4 Å². The third-order valence-corrected chi connectivity index (χ3v) is 6.23. The fraction of sp³-hybridized carbons (Fsp3) is 0.389. The number of thioether (sulfide) groups is 1. The number of methoxy groups -OCH3 is 1. The zero-order valence-electron chi connectivity index (χ0n) is 14.9. The summed E-state index contributed by atoms with van der Waals surface area (Å²) in [6, 6.07) is 5.78. The first-order valence-corrected chi connectivity index (χ1v) is 10.0. The Bertz CT molecular complexity index is 900. The number of hydrogen-bond donors (Lipinski definition) is 0. The minimum absolute atomic E-state index is 0.0136. The van der Waals surface area contributed by atoms with Crippen LogP contribution in [0.4, 0.5) is 0 Å². The lowest BCUT2D eigenvalue weighted by Crippen LogP contribution is -2.37. The Hall–Kier alpha value is -1.80. The van der Waals surface area contributed by atoms with Gasteiger partial charge in [0.15, 0.2) is 0 Å². The van der Waals surface area contributed by atoms with Crippen LogP contribution in [0.15, 0.2) is 33.8 Å². The molecule has 1 atom stereocenters. The van der Waals surface area contributed by atoms with E-state index in [4.69, 9.17) is 4.74 Å². The van der Waals surface area contributed by atoms with Gasteiger partial charge in [-0.3, -0.25) is 14.2 Å². The third kappa shape index (κ3) is 3.66. The average Bonchev–Trinajstić information content (AvgIpc) is 3.12. The summed E-state index contributed by atoms with van der Waals surface area (Å²) in [5.41, 5.74) is 2.03. The molecule has 26 heavy (non-hydrogen) atoms. The second kappa shape index (κ2) is 7.84. The molecule has 138 valence electrons. The Morgan fingerprint density at radius 3 is 2.92 bits per heavy atom. The molecule has 1 aliphatic heterocycles. The van der Waals surface area contributed by atoms with E-state index < -0.39 is 0 Å². The molecule has 2 heterocycles. The number of carbonyl (C=O) groups excluding carboxylic acids is 1. The van der Waals surface area contributed by atoms with Crippen LogP contribution in [-0.4, -0.2) is 39.8 Å². The first-order valence-electron chi connectivity index (χ1n) is 8.19. The summed E-state index contributed by atoms with van der Waals surface area (Å²) in [6.45, 7) is 4.14. The molecule has 1 saturated heterocycles. The summed E-state index contributed by atoms with van der Waals surface area (Å²) in [6.07, 6.45) is 1.44. The SMILES string of the molecule is COc1ccc(Br)cc1C1SCCN1C(=O)Cn1cnc(C)c(C)c1=O. The van der Waals surface area contributed by atoms with Crippen molar-refractivity contribution < 1.29 is 9.53 Å². The van der Waals surface area contributed by atoms with E-state index in [2.05, 4.69) is 20.9 Å². The van der Waals surface area contributed by atoms with E-state index in [0.29, 0.717) is 17.8 Å². The van der Waals surface area contributed by atoms with Crippen molar-refractivity contribution in [3.63, 3.8) is 0 Å². The molecular weight excluding hydrogens is 418 g/mol. The lowest BCUT2D eigenvalue weighted by molar-refractivity contribution is -0.132. The van der Waals surface area contributed by atoms with Crippen LogP contribution < -0.4 is 10.3 Å². The van der Waals surface area contributed by atoms with E-state index >= 15 is 0 Å². The number of ether oxygens (including phenoxy) is 1. The molecule has 0 aliphatic carbocycles. The predicted octanol–water partition coefficient (Wildman–Crippen LogP) is 2.91. The van der Waals surface area contributed by atoms with Gasteiger partial charge in [0, 0.05) is 33.6 Å². The van der Waals surface area contributed by atoms with E-state index in [-0.39, 0.29) is 23.4 Å². The van der Waals surface area contributed by atoms with E-state index in [9.17, 15) is 9.59 Å². The molecule has 1 unspecified atom stereocenters. The summed E-state index contributed by atoms with van der Waals surface area (Å²) in [4.78, 5) is 31.3. The molecule has 0 radical (unpaired) electrons. The van der Waals surface area contributed by atoms with Crippen molar-refractivity contribution in [2.24, 2.45) is 0 Å². The molecule has 2 aromatic rings. The van der Waals surface area contributed by atoms with Crippen molar-refractivity contribution in [2.45, 2.75) is 25.8 Å². The van der Waals surface area contributed by atoms with E-state index in [1.54, 1.807) is 37.6 Å². The molecule has 3 rings (SSSR count). The highest BCUT2D eigenvalue weighted by atomic mass is 79.9. The molecule has 0 spiro atoms. The van der Waals surface area contributed by atoms with Crippen LogP contribution in [0.1, 0.15) is 22.2 Å². The zero-order valence-corrected chi connectivity index (χ0v) is 17.3. The van der Waals surface area contributed by atoms with Gasteiger partial charge < -0.3 is 9.64 Å². The number of benzene rings is 1. The first kappa shape index (κ1) is 19.0. The van der Waals surface area contributed by atoms with Crippen LogP contribution in [0.5, 0.6) is 5.75 Å². The fourth-order valence-corrected chi connectivity index (χ4v) is 4.58. The van der Waals surface area contributed by atoms with Gasteiger partial charge in [0.05, 0.1) is 13.4 Å². The number of aryl methyl sites for hydroxylation is 1. The maximum absolute atomic E-state index is 12.9. The second-order valence-electron chi connectivity index (χ2n) is 6.08. The van der Waals surface area contributed by atoms with Gasteiger partial charge in [0.2, 0.25) is 5.91 Å². The van der Waals surface area contributed by atoms with Gasteiger partial charge in [-0.1, -0.05) is 15.9 Å². The molecule has 1 aromatic heterocycles. The van der Waals surface area contributed by atoms with E-state index in [1.165, 1.54) is 10.9 Å². The molecule has 8 heteroatoms. The van der Waals surface area contributed by atoms with Gasteiger partial charge in [-0.05, 0) is 32.0 Å². The van der Waals surface area contributed by atoms with Crippen LogP contribution >= 0.6 is 27.7 Å². The van der Waals surface area contributed by atoms with Crippen LogP contribution in [0.3, 0.4) is 0 Å². The topological polar surface area (TPSA) is 64.4 Å². The summed E-state index contributed by atoms with van der Waals surface area (Å²) < 4.78 is 7.78. The van der Waals surface area contributed by atoms with Crippen molar-refractivity contribution in [3.8, 4) is 5.75 Å². The number of aromatic nitrogens is 2. The maximum atomic E-state index is 12.9. The average molecular weight is 438 g/mol. The van der Waals surface area contributed by atoms with Crippen LogP contribution in [0.25, 0.3) is 0 Å². The summed E-state index contributed by atoms with van der Waals surface area (Å²) >= 11 is 5.18. The molecule has 1 fully saturated rings. The van der Waals surface area contributed by atoms with Crippen molar-refractivity contribution in [1.82, 2.24) is 14.5 Å². The van der Waals surface area contributed by atoms with Crippen LogP contribution in [0, 0.1) is 13.8 Å². The Morgan fingerprint density at radius 1 is 1.42 bits per heavy atom. The van der Waals surface area contributed by atoms with Gasteiger partial charge in [-0.15, -0.1) is 11.8 Å². The minimum Gasteiger partial charge on any atom is -0.496 e. The van der Waals surface area contributed by atoms with Crippen molar-refractivity contribution >= 4 is 33.6 Å². The molecule has 1 amide bonds. The van der Waals surface area contributed by atoms with Gasteiger partial charge in [0.1, 0.15) is 17.7 Å². The standard InChI is InChI=1S/C18H20BrN3O3S/c1-11-12(2)20-10-21(17(11)24)9-16(23)22-6-7-26-18(22)14-8-13(19)4-5-15(14)25-3/h4-5,8,10,18H,6-7,9H2,1-3H3. The smallest absolute Gasteiger partial charge is 0.256 e. The normalized spacial score (nSPS) is 16.8. The van der Waals surface area contributed by atoms with Gasteiger partial charge in [-0.25, -0.2) is 4.98 Å². The fourth-order valence-electron chi connectivity index (χ4n) is 2.91. The monoisotopic (exact) mass is 437 g/mol. The summed E-state index contributed by atoms with van der Waals surface area (Å²) in [5, 5.41) is -0.134. The number of halogens is 1. The lowest BCUT2D eigenvalue weighted by Gasteiger charge is -2.26. The largest absolute Gasteiger partial charge is 0.496 e. The van der Waals surface area contributed by atoms with Gasteiger partial charge in [-0.2, -0.15) is 0 Å². The summed E-state index contributed by atoms with van der Waals surface area (Å²) in [5.74, 6) is 1.48. The lowest BCUT2D eigenvalue weighted by atomic mass is 10.2. The molecule has 0 saturated carbocycles. The second-order valence-corrected chi connectivity index (χ2v) is 8.19. The van der Waals surface area contributed by atoms with Crippen molar-refractivity contribution in [3.05, 3.63) is 56.2 Å². The molecule has 1 aromatic carbocycles. The van der Waals surface area contributed by atoms with E-state index in [1.807, 2.05) is 18.2 Å². The van der Waals surface area contributed by atoms with Crippen molar-refractivity contribution in [1.29, 1.82) is 0 Å². The van der Waals surface area contributed by atoms with Crippen LogP contribution in [-0.2, 0) is 11.3 Å². The summed E-state index contributed by atoms with van der Waals surface area (Å²) in [7, 11) is 1.62. The van der Waals surface area contributed by atoms with Crippen LogP contribution in [0.2, 0.25) is 0 Å². The molecule has 0 bridgehead atoms. The molecule has 1 aliphatic rings. The van der Waals surface area contributed by atoms with Gasteiger partial charge >= 0.3 is 0 Å². The maximum Gasteiger partial charge on any atom is 0.256 e. The Balaban J connectivity index is 1.87. The quantitative estimate of drug-likeness (QED) is 0.735. The predicted molar refractivity (Wildman–Crippen MR) is 106 cm³/mol. The zero-order chi connectivity index (χ0) is 18.8. The Morgan fingerprint density at radius 2 is 2.19 bits per heavy atom. The Labute approximate surface area is 164 Å². The third-order valence-electron chi connectivity index (χ3n) is 4.49. The highest BCUT2D eigenvalue weighted by Crippen LogP contribution is 2.42. The number of nitrogens with zero attached hydrogens (tertiary/aromatic N) is 3. The number of hydrogen-bond acceptors (Lipinski definition) is 5. The highest BCUT2D eigenvalue weighted by molar-refractivity contribution is 9.10. The first-order chi connectivity index (χ1) is 12.4. The number of amides is 1. The highest BCUT2D eigenvalue weighted by Gasteiger charge is 2.32. The molecule has 6 nitrogen and oxygen atoms in total. The molecule has 0 N–H and O–H groups in total. The molecular formula is C18H20BrN3O3S. The van der Waals surface area contributed by atoms with E-state index in [0.717, 1.165) is 21.5 Å². The Kier molecular flexibility index (Phi) is 5.72. The number of rotatable bonds is 4. The van der Waals surface area contributed by atoms with Gasteiger partial charge in [0.25, 0.3) is 5.56 Å².